The molecular weight excluding hydrogens is 593 g/mol. The summed E-state index contributed by atoms with van der Waals surface area (Å²) in [5.74, 6) is 0. The van der Waals surface area contributed by atoms with Gasteiger partial charge in [0.15, 0.2) is 0 Å². The summed E-state index contributed by atoms with van der Waals surface area (Å²) in [6, 6.07) is 62.4. The van der Waals surface area contributed by atoms with Crippen LogP contribution in [0.4, 0.5) is 34.1 Å². The molecule has 2 heteroatoms. The van der Waals surface area contributed by atoms with Crippen molar-refractivity contribution in [3.05, 3.63) is 181 Å². The highest BCUT2D eigenvalue weighted by atomic mass is 15.2. The molecule has 0 bridgehead atoms. The van der Waals surface area contributed by atoms with Crippen molar-refractivity contribution in [1.29, 1.82) is 0 Å². The zero-order chi connectivity index (χ0) is 32.7. The third-order valence-corrected chi connectivity index (χ3v) is 10.8. The molecule has 0 N–H and O–H groups in total. The molecule has 0 amide bonds. The summed E-state index contributed by atoms with van der Waals surface area (Å²) in [5.41, 5.74) is 14.9. The number of rotatable bonds is 4. The molecule has 10 rings (SSSR count). The van der Waals surface area contributed by atoms with Crippen LogP contribution in [0, 0.1) is 0 Å². The molecule has 0 saturated carbocycles. The van der Waals surface area contributed by atoms with Crippen molar-refractivity contribution < 1.29 is 0 Å². The van der Waals surface area contributed by atoms with Gasteiger partial charge in [0.1, 0.15) is 0 Å². The summed E-state index contributed by atoms with van der Waals surface area (Å²) in [5, 5.41) is 5.01. The summed E-state index contributed by atoms with van der Waals surface area (Å²) >= 11 is 0. The molecule has 0 atom stereocenters. The Bertz CT molecular complexity index is 2580. The predicted molar refractivity (Wildman–Crippen MR) is 207 cm³/mol. The Balaban J connectivity index is 1.15. The summed E-state index contributed by atoms with van der Waals surface area (Å²) in [7, 11) is 0. The lowest BCUT2D eigenvalue weighted by Crippen LogP contribution is -2.17. The van der Waals surface area contributed by atoms with E-state index < -0.39 is 0 Å². The zero-order valence-electron chi connectivity index (χ0n) is 27.6. The van der Waals surface area contributed by atoms with Crippen molar-refractivity contribution in [3.63, 3.8) is 0 Å². The van der Waals surface area contributed by atoms with Gasteiger partial charge < -0.3 is 9.80 Å². The minimum absolute atomic E-state index is 0.0881. The lowest BCUT2D eigenvalue weighted by atomic mass is 9.82. The second-order valence-corrected chi connectivity index (χ2v) is 13.8. The molecule has 1 aliphatic carbocycles. The van der Waals surface area contributed by atoms with Crippen LogP contribution in [0.5, 0.6) is 0 Å². The van der Waals surface area contributed by atoms with Crippen LogP contribution >= 0.6 is 0 Å². The number of hydrogen-bond donors (Lipinski definition) is 0. The van der Waals surface area contributed by atoms with Crippen molar-refractivity contribution in [2.75, 3.05) is 9.80 Å². The smallest absolute Gasteiger partial charge is 0.0546 e. The SMILES string of the molecule is CC1(C)c2ccccc2-c2ccc(N(c3ccc(N4c5ccccc5-c5cccc6cccc4c56)cc3)c3cccc4ccccc34)cc21. The van der Waals surface area contributed by atoms with Gasteiger partial charge in [-0.2, -0.15) is 0 Å². The molecule has 0 fully saturated rings. The minimum Gasteiger partial charge on any atom is -0.310 e. The molecule has 1 heterocycles. The van der Waals surface area contributed by atoms with E-state index in [4.69, 9.17) is 0 Å². The Morgan fingerprint density at radius 2 is 1.06 bits per heavy atom. The fraction of sp³-hybridized carbons (Fsp3) is 0.0638. The molecule has 8 aromatic carbocycles. The van der Waals surface area contributed by atoms with Crippen LogP contribution in [0.25, 0.3) is 43.8 Å². The highest BCUT2D eigenvalue weighted by Gasteiger charge is 2.36. The molecule has 1 aliphatic heterocycles. The molecule has 232 valence electrons. The molecule has 49 heavy (non-hydrogen) atoms. The van der Waals surface area contributed by atoms with Crippen molar-refractivity contribution in [3.8, 4) is 22.3 Å². The first-order chi connectivity index (χ1) is 24.1. The first kappa shape index (κ1) is 27.9. The Kier molecular flexibility index (Phi) is 5.95. The molecule has 0 spiro atoms. The van der Waals surface area contributed by atoms with Crippen LogP contribution in [0.2, 0.25) is 0 Å². The Morgan fingerprint density at radius 3 is 1.94 bits per heavy atom. The third-order valence-electron chi connectivity index (χ3n) is 10.8. The van der Waals surface area contributed by atoms with Crippen LogP contribution in [0.15, 0.2) is 170 Å². The van der Waals surface area contributed by atoms with Gasteiger partial charge in [-0.25, -0.2) is 0 Å². The van der Waals surface area contributed by atoms with Crippen molar-refractivity contribution >= 4 is 55.7 Å². The van der Waals surface area contributed by atoms with Crippen LogP contribution in [0.3, 0.4) is 0 Å². The number of hydrogen-bond acceptors (Lipinski definition) is 2. The number of fused-ring (bicyclic) bond motifs is 6. The van der Waals surface area contributed by atoms with Gasteiger partial charge >= 0.3 is 0 Å². The molecule has 8 aromatic rings. The van der Waals surface area contributed by atoms with E-state index in [-0.39, 0.29) is 5.41 Å². The fourth-order valence-electron chi connectivity index (χ4n) is 8.45. The predicted octanol–water partition coefficient (Wildman–Crippen LogP) is 13.2. The largest absolute Gasteiger partial charge is 0.310 e. The topological polar surface area (TPSA) is 6.48 Å². The van der Waals surface area contributed by atoms with E-state index in [1.807, 2.05) is 0 Å². The van der Waals surface area contributed by atoms with E-state index in [0.717, 1.165) is 17.1 Å². The number of benzene rings is 8. The number of nitrogens with zero attached hydrogens (tertiary/aromatic N) is 2. The fourth-order valence-corrected chi connectivity index (χ4v) is 8.45. The Morgan fingerprint density at radius 1 is 0.449 bits per heavy atom. The van der Waals surface area contributed by atoms with Crippen molar-refractivity contribution in [1.82, 2.24) is 0 Å². The van der Waals surface area contributed by atoms with Gasteiger partial charge in [-0.15, -0.1) is 0 Å². The maximum atomic E-state index is 2.44. The van der Waals surface area contributed by atoms with Crippen LogP contribution in [0.1, 0.15) is 25.0 Å². The number of para-hydroxylation sites is 1. The van der Waals surface area contributed by atoms with Gasteiger partial charge in [0.05, 0.1) is 17.1 Å². The lowest BCUT2D eigenvalue weighted by molar-refractivity contribution is 0.660. The molecule has 0 radical (unpaired) electrons. The average Bonchev–Trinajstić information content (AvgIpc) is 3.38. The second kappa shape index (κ2) is 10.4. The van der Waals surface area contributed by atoms with Gasteiger partial charge in [0, 0.05) is 38.8 Å². The van der Waals surface area contributed by atoms with E-state index >= 15 is 0 Å². The van der Waals surface area contributed by atoms with Gasteiger partial charge in [0.2, 0.25) is 0 Å². The molecular formula is C47H34N2. The van der Waals surface area contributed by atoms with E-state index in [0.29, 0.717) is 0 Å². The maximum Gasteiger partial charge on any atom is 0.0546 e. The van der Waals surface area contributed by atoms with Crippen molar-refractivity contribution in [2.45, 2.75) is 19.3 Å². The van der Waals surface area contributed by atoms with E-state index in [2.05, 4.69) is 194 Å². The average molecular weight is 627 g/mol. The summed E-state index contributed by atoms with van der Waals surface area (Å²) in [4.78, 5) is 4.86. The normalized spacial score (nSPS) is 13.6. The van der Waals surface area contributed by atoms with Gasteiger partial charge in [-0.05, 0) is 93.2 Å². The molecule has 0 unspecified atom stereocenters. The Labute approximate surface area is 287 Å². The van der Waals surface area contributed by atoms with Crippen LogP contribution in [-0.2, 0) is 5.41 Å². The highest BCUT2D eigenvalue weighted by molar-refractivity contribution is 6.13. The first-order valence-electron chi connectivity index (χ1n) is 17.1. The van der Waals surface area contributed by atoms with E-state index in [9.17, 15) is 0 Å². The van der Waals surface area contributed by atoms with E-state index in [1.165, 1.54) is 72.0 Å². The molecule has 0 saturated heterocycles. The monoisotopic (exact) mass is 626 g/mol. The molecule has 2 nitrogen and oxygen atoms in total. The lowest BCUT2D eigenvalue weighted by Gasteiger charge is -2.34. The standard InChI is InChI=1S/C47H34N2/c1-47(2)41-20-7-5-17-37(41)38-29-28-35(30-42(38)47)48(43-22-10-13-31-12-3-4-16-36(31)43)33-24-26-34(27-25-33)49-44-21-8-6-18-39(44)40-19-9-14-32-15-11-23-45(49)46(32)40/h3-30H,1-2H3. The summed E-state index contributed by atoms with van der Waals surface area (Å²) < 4.78 is 0. The zero-order valence-corrected chi connectivity index (χ0v) is 27.6. The quantitative estimate of drug-likeness (QED) is 0.192. The van der Waals surface area contributed by atoms with Crippen LogP contribution < -0.4 is 9.80 Å². The van der Waals surface area contributed by atoms with Gasteiger partial charge in [0.25, 0.3) is 0 Å². The summed E-state index contributed by atoms with van der Waals surface area (Å²) in [6.07, 6.45) is 0. The van der Waals surface area contributed by atoms with E-state index in [1.54, 1.807) is 0 Å². The van der Waals surface area contributed by atoms with Crippen molar-refractivity contribution in [2.24, 2.45) is 0 Å². The number of anilines is 6. The maximum absolute atomic E-state index is 2.44. The molecule has 2 aliphatic rings. The van der Waals surface area contributed by atoms with Gasteiger partial charge in [-0.1, -0.05) is 129 Å². The first-order valence-corrected chi connectivity index (χ1v) is 17.1. The van der Waals surface area contributed by atoms with Gasteiger partial charge in [-0.3, -0.25) is 0 Å². The minimum atomic E-state index is -0.0881. The second-order valence-electron chi connectivity index (χ2n) is 13.8. The third kappa shape index (κ3) is 4.07. The highest BCUT2D eigenvalue weighted by Crippen LogP contribution is 2.53. The molecule has 0 aromatic heterocycles. The van der Waals surface area contributed by atoms with Crippen LogP contribution in [-0.4, -0.2) is 0 Å². The Hall–Kier alpha value is -6.12. The summed E-state index contributed by atoms with van der Waals surface area (Å²) in [6.45, 7) is 4.71.